The fourth-order valence-electron chi connectivity index (χ4n) is 3.54. The minimum Gasteiger partial charge on any atom is -0.459 e. The number of benzene rings is 1. The van der Waals surface area contributed by atoms with Gasteiger partial charge in [0.1, 0.15) is 17.9 Å². The van der Waals surface area contributed by atoms with E-state index in [4.69, 9.17) is 4.42 Å². The molecule has 3 unspecified atom stereocenters. The minimum atomic E-state index is -0.711. The topological polar surface area (TPSA) is 66.6 Å². The zero-order chi connectivity index (χ0) is 18.4. The second-order valence-electron chi connectivity index (χ2n) is 6.74. The summed E-state index contributed by atoms with van der Waals surface area (Å²) in [7, 11) is -0.711. The molecule has 3 rings (SSSR count). The normalized spacial score (nSPS) is 22.3. The number of hydrogen-bond donors (Lipinski definition) is 2. The summed E-state index contributed by atoms with van der Waals surface area (Å²) in [5.74, 6) is 2.41. The second kappa shape index (κ2) is 9.21. The molecular formula is C20H29N3O2S. The van der Waals surface area contributed by atoms with Crippen molar-refractivity contribution in [1.82, 2.24) is 10.6 Å². The lowest BCUT2D eigenvalue weighted by atomic mass is 9.95. The molecule has 1 aromatic heterocycles. The van der Waals surface area contributed by atoms with Crippen LogP contribution < -0.4 is 10.6 Å². The van der Waals surface area contributed by atoms with E-state index in [1.807, 2.05) is 37.3 Å². The smallest absolute Gasteiger partial charge is 0.191 e. The van der Waals surface area contributed by atoms with Crippen LogP contribution >= 0.6 is 0 Å². The molecule has 0 spiro atoms. The molecule has 0 aliphatic heterocycles. The number of aliphatic imine (C=N–C) groups is 1. The van der Waals surface area contributed by atoms with Gasteiger partial charge in [0.2, 0.25) is 0 Å². The van der Waals surface area contributed by atoms with Crippen molar-refractivity contribution in [2.75, 3.05) is 12.3 Å². The van der Waals surface area contributed by atoms with Crippen LogP contribution in [0.2, 0.25) is 0 Å². The van der Waals surface area contributed by atoms with Crippen LogP contribution in [0.15, 0.2) is 39.7 Å². The number of rotatable bonds is 6. The zero-order valence-corrected chi connectivity index (χ0v) is 16.5. The maximum absolute atomic E-state index is 12.1. The van der Waals surface area contributed by atoms with Crippen LogP contribution in [-0.2, 0) is 17.3 Å². The fraction of sp³-hybridized carbons (Fsp3) is 0.550. The van der Waals surface area contributed by atoms with Crippen LogP contribution in [0.5, 0.6) is 0 Å². The maximum atomic E-state index is 12.1. The van der Waals surface area contributed by atoms with Crippen molar-refractivity contribution in [1.29, 1.82) is 0 Å². The van der Waals surface area contributed by atoms with E-state index in [0.29, 0.717) is 17.8 Å². The van der Waals surface area contributed by atoms with Crippen LogP contribution in [0.25, 0.3) is 11.0 Å². The molecular weight excluding hydrogens is 346 g/mol. The van der Waals surface area contributed by atoms with Gasteiger partial charge in [0.15, 0.2) is 5.96 Å². The lowest BCUT2D eigenvalue weighted by Gasteiger charge is -2.30. The van der Waals surface area contributed by atoms with Crippen LogP contribution in [-0.4, -0.2) is 33.8 Å². The van der Waals surface area contributed by atoms with E-state index in [9.17, 15) is 4.21 Å². The molecule has 1 aliphatic rings. The fourth-order valence-corrected chi connectivity index (χ4v) is 4.88. The van der Waals surface area contributed by atoms with Crippen LogP contribution in [0.3, 0.4) is 0 Å². The van der Waals surface area contributed by atoms with Gasteiger partial charge >= 0.3 is 0 Å². The van der Waals surface area contributed by atoms with Gasteiger partial charge < -0.3 is 15.1 Å². The first-order chi connectivity index (χ1) is 12.7. The summed E-state index contributed by atoms with van der Waals surface area (Å²) < 4.78 is 18.0. The third-order valence-corrected chi connectivity index (χ3v) is 6.58. The van der Waals surface area contributed by atoms with E-state index in [2.05, 4.69) is 22.5 Å². The Balaban J connectivity index is 1.64. The highest BCUT2D eigenvalue weighted by Gasteiger charge is 2.26. The SMILES string of the molecule is CCNC(=NCc1cc2ccccc2o1)NC1CCCC(S(=O)CC)C1. The average molecular weight is 376 g/mol. The van der Waals surface area contributed by atoms with Gasteiger partial charge in [0.25, 0.3) is 0 Å². The largest absolute Gasteiger partial charge is 0.459 e. The van der Waals surface area contributed by atoms with Gasteiger partial charge in [0, 0.05) is 39.8 Å². The van der Waals surface area contributed by atoms with Gasteiger partial charge in [-0.2, -0.15) is 0 Å². The molecule has 1 fully saturated rings. The Bertz CT molecular complexity index is 738. The number of nitrogens with one attached hydrogen (secondary N) is 2. The third-order valence-electron chi connectivity index (χ3n) is 4.84. The summed E-state index contributed by atoms with van der Waals surface area (Å²) in [6, 6.07) is 10.4. The molecule has 1 heterocycles. The predicted molar refractivity (Wildman–Crippen MR) is 109 cm³/mol. The molecule has 0 bridgehead atoms. The van der Waals surface area contributed by atoms with Gasteiger partial charge in [-0.05, 0) is 38.3 Å². The molecule has 1 saturated carbocycles. The van der Waals surface area contributed by atoms with E-state index in [1.54, 1.807) is 0 Å². The van der Waals surface area contributed by atoms with Crippen LogP contribution in [0.1, 0.15) is 45.3 Å². The van der Waals surface area contributed by atoms with Crippen molar-refractivity contribution in [3.05, 3.63) is 36.1 Å². The lowest BCUT2D eigenvalue weighted by molar-refractivity contribution is 0.413. The summed E-state index contributed by atoms with van der Waals surface area (Å²) in [5.41, 5.74) is 0.896. The van der Waals surface area contributed by atoms with E-state index < -0.39 is 10.8 Å². The third kappa shape index (κ3) is 4.87. The summed E-state index contributed by atoms with van der Waals surface area (Å²) in [6.45, 7) is 5.38. The second-order valence-corrected chi connectivity index (χ2v) is 8.75. The summed E-state index contributed by atoms with van der Waals surface area (Å²) >= 11 is 0. The van der Waals surface area contributed by atoms with Crippen molar-refractivity contribution in [2.45, 2.75) is 57.4 Å². The highest BCUT2D eigenvalue weighted by molar-refractivity contribution is 7.85. The standard InChI is InChI=1S/C20H29N3O2S/c1-3-21-20(23-16-9-7-10-18(13-16)26(24)4-2)22-14-17-12-15-8-5-6-11-19(15)25-17/h5-6,8,11-12,16,18H,3-4,7,9-10,13-14H2,1-2H3,(H2,21,22,23). The molecule has 6 heteroatoms. The van der Waals surface area contributed by atoms with Crippen molar-refractivity contribution in [3.8, 4) is 0 Å². The van der Waals surface area contributed by atoms with E-state index in [1.165, 1.54) is 0 Å². The average Bonchev–Trinajstić information content (AvgIpc) is 3.09. The molecule has 142 valence electrons. The first-order valence-electron chi connectivity index (χ1n) is 9.59. The van der Waals surface area contributed by atoms with Crippen LogP contribution in [0, 0.1) is 0 Å². The molecule has 2 aromatic rings. The minimum absolute atomic E-state index is 0.310. The Hall–Kier alpha value is -1.82. The Kier molecular flexibility index (Phi) is 6.72. The summed E-state index contributed by atoms with van der Waals surface area (Å²) in [4.78, 5) is 4.69. The zero-order valence-electron chi connectivity index (χ0n) is 15.7. The van der Waals surface area contributed by atoms with Crippen molar-refractivity contribution in [3.63, 3.8) is 0 Å². The lowest BCUT2D eigenvalue weighted by Crippen LogP contribution is -2.46. The number of fused-ring (bicyclic) bond motifs is 1. The van der Waals surface area contributed by atoms with Crippen molar-refractivity contribution < 1.29 is 8.63 Å². The molecule has 0 saturated heterocycles. The molecule has 3 atom stereocenters. The molecule has 2 N–H and O–H groups in total. The number of nitrogens with zero attached hydrogens (tertiary/aromatic N) is 1. The van der Waals surface area contributed by atoms with Crippen molar-refractivity contribution >= 4 is 27.7 Å². The number of para-hydroxylation sites is 1. The summed E-state index contributed by atoms with van der Waals surface area (Å²) in [6.07, 6.45) is 4.25. The molecule has 0 radical (unpaired) electrons. The Morgan fingerprint density at radius 1 is 1.31 bits per heavy atom. The van der Waals surface area contributed by atoms with Gasteiger partial charge in [-0.15, -0.1) is 0 Å². The molecule has 0 amide bonds. The molecule has 26 heavy (non-hydrogen) atoms. The monoisotopic (exact) mass is 375 g/mol. The maximum Gasteiger partial charge on any atom is 0.191 e. The molecule has 5 nitrogen and oxygen atoms in total. The van der Waals surface area contributed by atoms with E-state index >= 15 is 0 Å². The Labute approximate surface area is 158 Å². The number of hydrogen-bond acceptors (Lipinski definition) is 3. The van der Waals surface area contributed by atoms with Gasteiger partial charge in [0.05, 0.1) is 0 Å². The van der Waals surface area contributed by atoms with Gasteiger partial charge in [-0.3, -0.25) is 4.21 Å². The summed E-state index contributed by atoms with van der Waals surface area (Å²) in [5, 5.41) is 8.26. The first kappa shape index (κ1) is 19.0. The number of guanidine groups is 1. The highest BCUT2D eigenvalue weighted by atomic mass is 32.2. The highest BCUT2D eigenvalue weighted by Crippen LogP contribution is 2.23. The Morgan fingerprint density at radius 3 is 2.92 bits per heavy atom. The first-order valence-corrected chi connectivity index (χ1v) is 11.0. The quantitative estimate of drug-likeness (QED) is 0.598. The van der Waals surface area contributed by atoms with E-state index in [0.717, 1.165) is 60.7 Å². The number of furan rings is 1. The van der Waals surface area contributed by atoms with Gasteiger partial charge in [-0.25, -0.2) is 4.99 Å². The molecule has 1 aliphatic carbocycles. The van der Waals surface area contributed by atoms with Crippen LogP contribution in [0.4, 0.5) is 0 Å². The predicted octanol–water partition coefficient (Wildman–Crippen LogP) is 3.57. The van der Waals surface area contributed by atoms with Crippen molar-refractivity contribution in [2.24, 2.45) is 4.99 Å². The molecule has 1 aromatic carbocycles. The van der Waals surface area contributed by atoms with Gasteiger partial charge in [-0.1, -0.05) is 31.5 Å². The Morgan fingerprint density at radius 2 is 2.15 bits per heavy atom. The van der Waals surface area contributed by atoms with E-state index in [-0.39, 0.29) is 0 Å².